The molecule has 1 aliphatic rings. The number of nitrogens with zero attached hydrogens (tertiary/aromatic N) is 1. The van der Waals surface area contributed by atoms with Crippen molar-refractivity contribution in [1.29, 1.82) is 0 Å². The zero-order valence-electron chi connectivity index (χ0n) is 11.4. The molecule has 1 heterocycles. The second-order valence-electron chi connectivity index (χ2n) is 5.37. The molecule has 100 valence electrons. The maximum atomic E-state index is 6.10. The molecule has 1 aromatic heterocycles. The summed E-state index contributed by atoms with van der Waals surface area (Å²) in [5.41, 5.74) is 6.88. The Bertz CT molecular complexity index is 363. The van der Waals surface area contributed by atoms with Gasteiger partial charge in [-0.3, -0.25) is 4.98 Å². The molecule has 3 unspecified atom stereocenters. The zero-order chi connectivity index (χ0) is 13.0. The third-order valence-corrected chi connectivity index (χ3v) is 4.09. The van der Waals surface area contributed by atoms with Gasteiger partial charge < -0.3 is 10.5 Å². The summed E-state index contributed by atoms with van der Waals surface area (Å²) in [5.74, 6) is 2.16. The maximum absolute atomic E-state index is 6.10. The lowest BCUT2D eigenvalue weighted by Gasteiger charge is -2.35. The fraction of sp³-hybridized carbons (Fsp3) is 0.667. The lowest BCUT2D eigenvalue weighted by atomic mass is 9.78. The van der Waals surface area contributed by atoms with Gasteiger partial charge in [-0.15, -0.1) is 0 Å². The van der Waals surface area contributed by atoms with Crippen molar-refractivity contribution in [2.24, 2.45) is 17.6 Å². The van der Waals surface area contributed by atoms with Gasteiger partial charge in [-0.2, -0.15) is 0 Å². The van der Waals surface area contributed by atoms with E-state index in [4.69, 9.17) is 10.5 Å². The molecule has 0 amide bonds. The van der Waals surface area contributed by atoms with E-state index >= 15 is 0 Å². The normalized spacial score (nSPS) is 28.1. The summed E-state index contributed by atoms with van der Waals surface area (Å²) in [6, 6.07) is 4.00. The average Bonchev–Trinajstić information content (AvgIpc) is 2.41. The van der Waals surface area contributed by atoms with Gasteiger partial charge in [0.2, 0.25) is 0 Å². The Labute approximate surface area is 110 Å². The molecule has 0 saturated heterocycles. The van der Waals surface area contributed by atoms with Crippen LogP contribution in [0.5, 0.6) is 5.75 Å². The van der Waals surface area contributed by atoms with E-state index in [1.165, 1.54) is 19.3 Å². The van der Waals surface area contributed by atoms with Gasteiger partial charge >= 0.3 is 0 Å². The highest BCUT2D eigenvalue weighted by Crippen LogP contribution is 2.33. The Hall–Kier alpha value is -1.09. The number of aryl methyl sites for hydroxylation is 1. The topological polar surface area (TPSA) is 48.1 Å². The van der Waals surface area contributed by atoms with Crippen LogP contribution >= 0.6 is 0 Å². The van der Waals surface area contributed by atoms with Crippen LogP contribution in [-0.4, -0.2) is 17.6 Å². The van der Waals surface area contributed by atoms with Crippen LogP contribution in [0.15, 0.2) is 18.3 Å². The fourth-order valence-electron chi connectivity index (χ4n) is 2.76. The van der Waals surface area contributed by atoms with E-state index in [1.807, 2.05) is 25.3 Å². The van der Waals surface area contributed by atoms with Crippen molar-refractivity contribution in [3.63, 3.8) is 0 Å². The summed E-state index contributed by atoms with van der Waals surface area (Å²) in [7, 11) is 0. The number of pyridine rings is 1. The quantitative estimate of drug-likeness (QED) is 0.891. The van der Waals surface area contributed by atoms with Crippen LogP contribution in [0.25, 0.3) is 0 Å². The Balaban J connectivity index is 2.02. The monoisotopic (exact) mass is 248 g/mol. The molecule has 2 rings (SSSR count). The fourth-order valence-corrected chi connectivity index (χ4v) is 2.76. The first kappa shape index (κ1) is 13.3. The van der Waals surface area contributed by atoms with E-state index in [0.29, 0.717) is 5.92 Å². The molecule has 0 aromatic carbocycles. The van der Waals surface area contributed by atoms with Crippen molar-refractivity contribution in [2.45, 2.75) is 45.6 Å². The lowest BCUT2D eigenvalue weighted by Crippen LogP contribution is -2.38. The predicted molar refractivity (Wildman–Crippen MR) is 73.6 cm³/mol. The molecule has 3 atom stereocenters. The molecular weight excluding hydrogens is 224 g/mol. The highest BCUT2D eigenvalue weighted by Gasteiger charge is 2.30. The van der Waals surface area contributed by atoms with Crippen LogP contribution in [-0.2, 0) is 0 Å². The van der Waals surface area contributed by atoms with E-state index in [-0.39, 0.29) is 6.10 Å². The third-order valence-electron chi connectivity index (χ3n) is 4.09. The first-order chi connectivity index (χ1) is 8.72. The lowest BCUT2D eigenvalue weighted by molar-refractivity contribution is 0.0681. The molecule has 0 aliphatic heterocycles. The van der Waals surface area contributed by atoms with Crippen molar-refractivity contribution in [1.82, 2.24) is 4.98 Å². The van der Waals surface area contributed by atoms with Gasteiger partial charge in [0.1, 0.15) is 11.9 Å². The van der Waals surface area contributed by atoms with Crippen LogP contribution in [0.1, 0.15) is 38.3 Å². The highest BCUT2D eigenvalue weighted by molar-refractivity contribution is 5.19. The summed E-state index contributed by atoms with van der Waals surface area (Å²) in [6.45, 7) is 4.97. The molecule has 3 nitrogen and oxygen atoms in total. The van der Waals surface area contributed by atoms with Gasteiger partial charge in [-0.05, 0) is 50.8 Å². The van der Waals surface area contributed by atoms with Crippen molar-refractivity contribution in [2.75, 3.05) is 6.54 Å². The average molecular weight is 248 g/mol. The van der Waals surface area contributed by atoms with Gasteiger partial charge in [0.05, 0.1) is 6.20 Å². The standard InChI is InChI=1S/C15H24N2O/c1-3-12-5-6-13(9-16)15(8-12)18-14-7-4-11(2)17-10-14/h4,7,10,12-13,15H,3,5-6,8-9,16H2,1-2H3. The van der Waals surface area contributed by atoms with Crippen molar-refractivity contribution >= 4 is 0 Å². The molecule has 1 saturated carbocycles. The molecule has 1 fully saturated rings. The highest BCUT2D eigenvalue weighted by atomic mass is 16.5. The van der Waals surface area contributed by atoms with Crippen LogP contribution in [0, 0.1) is 18.8 Å². The summed E-state index contributed by atoms with van der Waals surface area (Å²) in [5, 5.41) is 0. The first-order valence-electron chi connectivity index (χ1n) is 7.02. The molecule has 2 N–H and O–H groups in total. The van der Waals surface area contributed by atoms with E-state index in [0.717, 1.165) is 30.3 Å². The Morgan fingerprint density at radius 2 is 2.22 bits per heavy atom. The predicted octanol–water partition coefficient (Wildman–Crippen LogP) is 2.92. The summed E-state index contributed by atoms with van der Waals surface area (Å²) < 4.78 is 6.10. The molecular formula is C15H24N2O. The second-order valence-corrected chi connectivity index (χ2v) is 5.37. The number of ether oxygens (including phenoxy) is 1. The van der Waals surface area contributed by atoms with Gasteiger partial charge in [-0.1, -0.05) is 13.3 Å². The maximum Gasteiger partial charge on any atom is 0.138 e. The Morgan fingerprint density at radius 3 is 2.83 bits per heavy atom. The smallest absolute Gasteiger partial charge is 0.138 e. The second kappa shape index (κ2) is 6.19. The minimum Gasteiger partial charge on any atom is -0.488 e. The summed E-state index contributed by atoms with van der Waals surface area (Å²) >= 11 is 0. The molecule has 0 spiro atoms. The number of hydrogen-bond acceptors (Lipinski definition) is 3. The van der Waals surface area contributed by atoms with Gasteiger partial charge in [0.15, 0.2) is 0 Å². The van der Waals surface area contributed by atoms with Gasteiger partial charge in [0, 0.05) is 11.6 Å². The van der Waals surface area contributed by atoms with Crippen molar-refractivity contribution in [3.05, 3.63) is 24.0 Å². The van der Waals surface area contributed by atoms with Crippen LogP contribution < -0.4 is 10.5 Å². The van der Waals surface area contributed by atoms with Crippen LogP contribution in [0.2, 0.25) is 0 Å². The largest absolute Gasteiger partial charge is 0.488 e. The molecule has 1 aromatic rings. The van der Waals surface area contributed by atoms with Crippen molar-refractivity contribution < 1.29 is 4.74 Å². The minimum atomic E-state index is 0.262. The van der Waals surface area contributed by atoms with Gasteiger partial charge in [0.25, 0.3) is 0 Å². The van der Waals surface area contributed by atoms with Gasteiger partial charge in [-0.25, -0.2) is 0 Å². The molecule has 3 heteroatoms. The number of aromatic nitrogens is 1. The number of hydrogen-bond donors (Lipinski definition) is 1. The number of nitrogens with two attached hydrogens (primary N) is 1. The summed E-state index contributed by atoms with van der Waals surface area (Å²) in [6.07, 6.45) is 6.94. The summed E-state index contributed by atoms with van der Waals surface area (Å²) in [4.78, 5) is 4.28. The Kier molecular flexibility index (Phi) is 4.59. The number of rotatable bonds is 4. The van der Waals surface area contributed by atoms with Crippen LogP contribution in [0.3, 0.4) is 0 Å². The zero-order valence-corrected chi connectivity index (χ0v) is 11.4. The Morgan fingerprint density at radius 1 is 1.39 bits per heavy atom. The van der Waals surface area contributed by atoms with E-state index < -0.39 is 0 Å². The minimum absolute atomic E-state index is 0.262. The van der Waals surface area contributed by atoms with E-state index in [9.17, 15) is 0 Å². The van der Waals surface area contributed by atoms with E-state index in [1.54, 1.807) is 0 Å². The first-order valence-corrected chi connectivity index (χ1v) is 7.02. The van der Waals surface area contributed by atoms with E-state index in [2.05, 4.69) is 11.9 Å². The molecule has 1 aliphatic carbocycles. The molecule has 18 heavy (non-hydrogen) atoms. The SMILES string of the molecule is CCC1CCC(CN)C(Oc2ccc(C)nc2)C1. The molecule has 0 bridgehead atoms. The third kappa shape index (κ3) is 3.22. The van der Waals surface area contributed by atoms with Crippen LogP contribution in [0.4, 0.5) is 0 Å². The van der Waals surface area contributed by atoms with Crippen molar-refractivity contribution in [3.8, 4) is 5.75 Å². The molecule has 0 radical (unpaired) electrons.